The van der Waals surface area contributed by atoms with E-state index in [1.807, 2.05) is 27.7 Å². The van der Waals surface area contributed by atoms with Crippen LogP contribution in [0.5, 0.6) is 0 Å². The molecule has 0 aromatic carbocycles. The van der Waals surface area contributed by atoms with Gasteiger partial charge in [-0.25, -0.2) is 4.98 Å². The van der Waals surface area contributed by atoms with Crippen LogP contribution in [0.15, 0.2) is 24.4 Å². The van der Waals surface area contributed by atoms with Crippen molar-refractivity contribution in [3.05, 3.63) is 47.3 Å². The lowest BCUT2D eigenvalue weighted by molar-refractivity contribution is 0.0589. The summed E-state index contributed by atoms with van der Waals surface area (Å²) in [4.78, 5) is 37.0. The second-order valence-electron chi connectivity index (χ2n) is 7.90. The normalized spacial score (nSPS) is 18.9. The minimum atomic E-state index is -0.231. The molecular formula is C22H29N5O2. The molecule has 2 amide bonds. The number of nitrogens with one attached hydrogen (secondary N) is 1. The number of carbonyl (C=O) groups excluding carboxylic acids is 2. The van der Waals surface area contributed by atoms with Crippen molar-refractivity contribution >= 4 is 11.8 Å². The van der Waals surface area contributed by atoms with Gasteiger partial charge >= 0.3 is 0 Å². The van der Waals surface area contributed by atoms with E-state index < -0.39 is 0 Å². The summed E-state index contributed by atoms with van der Waals surface area (Å²) in [5, 5.41) is 2.91. The summed E-state index contributed by atoms with van der Waals surface area (Å²) in [6, 6.07) is 5.89. The first kappa shape index (κ1) is 19.6. The molecule has 2 aromatic heterocycles. The fraction of sp³-hybridized carbons (Fsp3) is 0.545. The Morgan fingerprint density at radius 2 is 2.03 bits per heavy atom. The van der Waals surface area contributed by atoms with Gasteiger partial charge in [0, 0.05) is 25.3 Å². The summed E-state index contributed by atoms with van der Waals surface area (Å²) in [7, 11) is 0. The number of pyridine rings is 1. The largest absolute Gasteiger partial charge is 0.345 e. The minimum Gasteiger partial charge on any atom is -0.345 e. The number of amides is 2. The maximum Gasteiger partial charge on any atom is 0.290 e. The number of nitrogens with zero attached hydrogens (tertiary/aromatic N) is 4. The molecule has 0 bridgehead atoms. The monoisotopic (exact) mass is 395 g/mol. The molecule has 0 saturated carbocycles. The lowest BCUT2D eigenvalue weighted by atomic mass is 10.00. The Kier molecular flexibility index (Phi) is 5.92. The predicted octanol–water partition coefficient (Wildman–Crippen LogP) is 2.95. The van der Waals surface area contributed by atoms with Crippen LogP contribution in [0.2, 0.25) is 0 Å². The summed E-state index contributed by atoms with van der Waals surface area (Å²) in [5.41, 5.74) is 2.08. The SMILES string of the molecule is CCC1CCCCN1C(=O)c1nc(C(=O)NCc2ccccn2)c2n1CCCC2. The number of piperidine rings is 1. The van der Waals surface area contributed by atoms with E-state index in [1.54, 1.807) is 6.20 Å². The second-order valence-corrected chi connectivity index (χ2v) is 7.90. The van der Waals surface area contributed by atoms with Crippen molar-refractivity contribution in [1.82, 2.24) is 24.8 Å². The quantitative estimate of drug-likeness (QED) is 0.844. The van der Waals surface area contributed by atoms with Crippen LogP contribution in [-0.4, -0.2) is 43.8 Å². The number of hydrogen-bond acceptors (Lipinski definition) is 4. The number of carbonyl (C=O) groups is 2. The van der Waals surface area contributed by atoms with E-state index in [9.17, 15) is 9.59 Å². The lowest BCUT2D eigenvalue weighted by Gasteiger charge is -2.35. The molecular weight excluding hydrogens is 366 g/mol. The van der Waals surface area contributed by atoms with Crippen molar-refractivity contribution in [3.8, 4) is 0 Å². The Bertz CT molecular complexity index is 877. The van der Waals surface area contributed by atoms with Crippen LogP contribution in [0.25, 0.3) is 0 Å². The predicted molar refractivity (Wildman–Crippen MR) is 110 cm³/mol. The van der Waals surface area contributed by atoms with Crippen molar-refractivity contribution < 1.29 is 9.59 Å². The van der Waals surface area contributed by atoms with Crippen LogP contribution in [0.4, 0.5) is 0 Å². The van der Waals surface area contributed by atoms with Crippen LogP contribution in [-0.2, 0) is 19.5 Å². The molecule has 1 saturated heterocycles. The molecule has 1 atom stereocenters. The summed E-state index contributed by atoms with van der Waals surface area (Å²) in [6.45, 7) is 4.01. The molecule has 7 heteroatoms. The number of likely N-dealkylation sites (tertiary alicyclic amines) is 1. The summed E-state index contributed by atoms with van der Waals surface area (Å²) < 4.78 is 1.99. The van der Waals surface area contributed by atoms with Gasteiger partial charge in [0.25, 0.3) is 11.8 Å². The van der Waals surface area contributed by atoms with E-state index >= 15 is 0 Å². The van der Waals surface area contributed by atoms with Gasteiger partial charge in [-0.3, -0.25) is 14.6 Å². The second kappa shape index (κ2) is 8.76. The van der Waals surface area contributed by atoms with Crippen molar-refractivity contribution in [2.75, 3.05) is 6.54 Å². The molecule has 0 radical (unpaired) electrons. The van der Waals surface area contributed by atoms with Gasteiger partial charge in [0.15, 0.2) is 5.82 Å². The highest BCUT2D eigenvalue weighted by Crippen LogP contribution is 2.25. The molecule has 1 N–H and O–H groups in total. The van der Waals surface area contributed by atoms with Gasteiger partial charge in [0.05, 0.1) is 17.9 Å². The first-order chi connectivity index (χ1) is 14.2. The van der Waals surface area contributed by atoms with E-state index in [0.717, 1.165) is 63.0 Å². The van der Waals surface area contributed by atoms with Gasteiger partial charge in [-0.15, -0.1) is 0 Å². The third-order valence-electron chi connectivity index (χ3n) is 6.04. The molecule has 2 aliphatic rings. The van der Waals surface area contributed by atoms with Gasteiger partial charge in [0.2, 0.25) is 0 Å². The fourth-order valence-electron chi connectivity index (χ4n) is 4.47. The Hall–Kier alpha value is -2.70. The third-order valence-corrected chi connectivity index (χ3v) is 6.04. The van der Waals surface area contributed by atoms with Crippen LogP contribution < -0.4 is 5.32 Å². The van der Waals surface area contributed by atoms with Crippen LogP contribution in [0.1, 0.15) is 77.9 Å². The average Bonchev–Trinajstić information content (AvgIpc) is 3.17. The van der Waals surface area contributed by atoms with E-state index in [-0.39, 0.29) is 17.9 Å². The summed E-state index contributed by atoms with van der Waals surface area (Å²) in [5.74, 6) is 0.178. The van der Waals surface area contributed by atoms with Gasteiger partial charge in [0.1, 0.15) is 5.69 Å². The number of hydrogen-bond donors (Lipinski definition) is 1. The van der Waals surface area contributed by atoms with Crippen molar-refractivity contribution in [2.45, 2.75) is 71.0 Å². The van der Waals surface area contributed by atoms with Crippen LogP contribution in [0.3, 0.4) is 0 Å². The first-order valence-corrected chi connectivity index (χ1v) is 10.8. The molecule has 0 aliphatic carbocycles. The van der Waals surface area contributed by atoms with Crippen molar-refractivity contribution in [2.24, 2.45) is 0 Å². The van der Waals surface area contributed by atoms with Gasteiger partial charge in [-0.1, -0.05) is 13.0 Å². The van der Waals surface area contributed by atoms with Crippen molar-refractivity contribution in [3.63, 3.8) is 0 Å². The van der Waals surface area contributed by atoms with Gasteiger partial charge in [-0.05, 0) is 57.1 Å². The lowest BCUT2D eigenvalue weighted by Crippen LogP contribution is -2.44. The topological polar surface area (TPSA) is 80.1 Å². The van der Waals surface area contributed by atoms with E-state index in [0.29, 0.717) is 18.1 Å². The molecule has 4 rings (SSSR count). The Morgan fingerprint density at radius 3 is 2.83 bits per heavy atom. The Balaban J connectivity index is 1.58. The highest BCUT2D eigenvalue weighted by molar-refractivity contribution is 5.97. The minimum absolute atomic E-state index is 0.0246. The molecule has 7 nitrogen and oxygen atoms in total. The molecule has 2 aliphatic heterocycles. The highest BCUT2D eigenvalue weighted by atomic mass is 16.2. The fourth-order valence-corrected chi connectivity index (χ4v) is 4.47. The zero-order valence-corrected chi connectivity index (χ0v) is 17.1. The van der Waals surface area contributed by atoms with E-state index in [1.165, 1.54) is 6.42 Å². The van der Waals surface area contributed by atoms with Gasteiger partial charge in [-0.2, -0.15) is 0 Å². The standard InChI is InChI=1S/C22H29N5O2/c1-2-17-10-4-7-13-26(17)22(29)20-25-19(18-11-5-8-14-27(18)20)21(28)24-15-16-9-3-6-12-23-16/h3,6,9,12,17H,2,4-5,7-8,10-11,13-15H2,1H3,(H,24,28). The molecule has 154 valence electrons. The van der Waals surface area contributed by atoms with E-state index in [4.69, 9.17) is 0 Å². The average molecular weight is 396 g/mol. The molecule has 1 unspecified atom stereocenters. The molecule has 2 aromatic rings. The molecule has 1 fully saturated rings. The number of aromatic nitrogens is 3. The smallest absolute Gasteiger partial charge is 0.290 e. The number of imidazole rings is 1. The molecule has 0 spiro atoms. The molecule has 4 heterocycles. The highest BCUT2D eigenvalue weighted by Gasteiger charge is 2.33. The van der Waals surface area contributed by atoms with Gasteiger partial charge < -0.3 is 14.8 Å². The Labute approximate surface area is 171 Å². The van der Waals surface area contributed by atoms with Crippen LogP contribution in [0, 0.1) is 0 Å². The summed E-state index contributed by atoms with van der Waals surface area (Å²) >= 11 is 0. The first-order valence-electron chi connectivity index (χ1n) is 10.8. The number of fused-ring (bicyclic) bond motifs is 1. The number of rotatable bonds is 5. The maximum absolute atomic E-state index is 13.4. The third kappa shape index (κ3) is 4.04. The Morgan fingerprint density at radius 1 is 1.17 bits per heavy atom. The van der Waals surface area contributed by atoms with E-state index in [2.05, 4.69) is 22.2 Å². The summed E-state index contributed by atoms with van der Waals surface area (Å²) in [6.07, 6.45) is 8.72. The van der Waals surface area contributed by atoms with Crippen LogP contribution >= 0.6 is 0 Å². The zero-order chi connectivity index (χ0) is 20.2. The zero-order valence-electron chi connectivity index (χ0n) is 17.1. The van der Waals surface area contributed by atoms with Crippen molar-refractivity contribution in [1.29, 1.82) is 0 Å². The molecule has 29 heavy (non-hydrogen) atoms. The maximum atomic E-state index is 13.4.